The Labute approximate surface area is 119 Å². The maximum Gasteiger partial charge on any atom is 0.165 e. The summed E-state index contributed by atoms with van der Waals surface area (Å²) < 4.78 is 107. The van der Waals surface area contributed by atoms with Crippen molar-refractivity contribution in [3.05, 3.63) is 69.3 Å². The third-order valence-corrected chi connectivity index (χ3v) is 3.13. The predicted octanol–water partition coefficient (Wildman–Crippen LogP) is 4.70. The lowest BCUT2D eigenvalue weighted by molar-refractivity contribution is 0.422. The zero-order valence-corrected chi connectivity index (χ0v) is 10.8. The van der Waals surface area contributed by atoms with E-state index in [2.05, 4.69) is 0 Å². The van der Waals surface area contributed by atoms with E-state index in [0.29, 0.717) is 0 Å². The summed E-state index contributed by atoms with van der Waals surface area (Å²) in [6, 6.07) is -0.100. The van der Waals surface area contributed by atoms with E-state index in [1.807, 2.05) is 0 Å². The van der Waals surface area contributed by atoms with Crippen molar-refractivity contribution in [2.45, 2.75) is 13.3 Å². The molecule has 2 rings (SSSR count). The molecule has 0 aromatic heterocycles. The number of halogens is 8. The quantitative estimate of drug-likeness (QED) is 0.554. The van der Waals surface area contributed by atoms with Gasteiger partial charge in [0, 0.05) is 29.2 Å². The van der Waals surface area contributed by atoms with Crippen LogP contribution in [-0.2, 0) is 6.42 Å². The second kappa shape index (κ2) is 5.58. The van der Waals surface area contributed by atoms with Gasteiger partial charge in [-0.1, -0.05) is 0 Å². The minimum atomic E-state index is -1.90. The number of benzene rings is 2. The lowest BCUT2D eigenvalue weighted by Gasteiger charge is -2.11. The zero-order chi connectivity index (χ0) is 16.8. The van der Waals surface area contributed by atoms with Crippen molar-refractivity contribution >= 4 is 0 Å². The Balaban J connectivity index is 2.68. The van der Waals surface area contributed by atoms with E-state index < -0.39 is 69.6 Å². The molecule has 0 bridgehead atoms. The first-order valence-corrected chi connectivity index (χ1v) is 5.80. The van der Waals surface area contributed by atoms with Crippen LogP contribution >= 0.6 is 0 Å². The van der Waals surface area contributed by atoms with Gasteiger partial charge in [-0.15, -0.1) is 0 Å². The number of rotatable bonds is 2. The van der Waals surface area contributed by atoms with Crippen LogP contribution in [0.25, 0.3) is 0 Å². The summed E-state index contributed by atoms with van der Waals surface area (Å²) in [5.74, 6) is -14.7. The molecule has 0 spiro atoms. The Morgan fingerprint density at radius 1 is 0.591 bits per heavy atom. The van der Waals surface area contributed by atoms with Crippen molar-refractivity contribution in [2.75, 3.05) is 0 Å². The summed E-state index contributed by atoms with van der Waals surface area (Å²) in [5.41, 5.74) is -3.72. The van der Waals surface area contributed by atoms with Crippen molar-refractivity contribution in [1.29, 1.82) is 0 Å². The van der Waals surface area contributed by atoms with Gasteiger partial charge in [-0.05, 0) is 6.92 Å². The van der Waals surface area contributed by atoms with Crippen LogP contribution in [0.2, 0.25) is 0 Å². The zero-order valence-electron chi connectivity index (χ0n) is 10.8. The van der Waals surface area contributed by atoms with Crippen LogP contribution < -0.4 is 0 Å². The molecule has 22 heavy (non-hydrogen) atoms. The van der Waals surface area contributed by atoms with Crippen LogP contribution in [0, 0.1) is 53.5 Å². The Hall–Kier alpha value is -2.12. The second-order valence-corrected chi connectivity index (χ2v) is 4.48. The summed E-state index contributed by atoms with van der Waals surface area (Å²) >= 11 is 0. The minimum absolute atomic E-state index is 0.100. The van der Waals surface area contributed by atoms with E-state index in [1.165, 1.54) is 0 Å². The molecule has 0 fully saturated rings. The van der Waals surface area contributed by atoms with Gasteiger partial charge in [0.1, 0.15) is 0 Å². The molecule has 2 aromatic rings. The van der Waals surface area contributed by atoms with Gasteiger partial charge in [0.15, 0.2) is 46.5 Å². The van der Waals surface area contributed by atoms with Crippen LogP contribution in [0.1, 0.15) is 16.7 Å². The normalized spacial score (nSPS) is 11.1. The Bertz CT molecular complexity index is 711. The van der Waals surface area contributed by atoms with E-state index in [1.54, 1.807) is 0 Å². The molecule has 0 atom stereocenters. The lowest BCUT2D eigenvalue weighted by Crippen LogP contribution is -2.10. The highest BCUT2D eigenvalue weighted by Crippen LogP contribution is 2.28. The molecule has 0 aliphatic rings. The SMILES string of the molecule is Cc1c(F)c(F)c(Cc2c(F)c(F)cc(F)c2F)c(F)c1F. The average molecular weight is 326 g/mol. The summed E-state index contributed by atoms with van der Waals surface area (Å²) in [6.07, 6.45) is -1.40. The summed E-state index contributed by atoms with van der Waals surface area (Å²) in [5, 5.41) is 0. The molecular weight excluding hydrogens is 320 g/mol. The molecule has 0 radical (unpaired) electrons. The van der Waals surface area contributed by atoms with Gasteiger partial charge in [0.2, 0.25) is 0 Å². The minimum Gasteiger partial charge on any atom is -0.204 e. The fourth-order valence-electron chi connectivity index (χ4n) is 1.90. The molecule has 0 saturated carbocycles. The number of hydrogen-bond donors (Lipinski definition) is 0. The third kappa shape index (κ3) is 2.42. The van der Waals surface area contributed by atoms with E-state index in [0.717, 1.165) is 6.92 Å². The molecule has 0 N–H and O–H groups in total. The van der Waals surface area contributed by atoms with Gasteiger partial charge >= 0.3 is 0 Å². The first-order chi connectivity index (χ1) is 10.2. The first kappa shape index (κ1) is 16.3. The van der Waals surface area contributed by atoms with Crippen LogP contribution in [0.3, 0.4) is 0 Å². The van der Waals surface area contributed by atoms with Crippen LogP contribution in [-0.4, -0.2) is 0 Å². The highest BCUT2D eigenvalue weighted by molar-refractivity contribution is 5.35. The fraction of sp³-hybridized carbons (Fsp3) is 0.143. The van der Waals surface area contributed by atoms with Gasteiger partial charge in [-0.3, -0.25) is 0 Å². The van der Waals surface area contributed by atoms with Crippen molar-refractivity contribution < 1.29 is 35.1 Å². The smallest absolute Gasteiger partial charge is 0.165 e. The van der Waals surface area contributed by atoms with Crippen molar-refractivity contribution in [2.24, 2.45) is 0 Å². The van der Waals surface area contributed by atoms with Gasteiger partial charge in [-0.2, -0.15) is 0 Å². The molecule has 0 saturated heterocycles. The highest BCUT2D eigenvalue weighted by atomic mass is 19.2. The lowest BCUT2D eigenvalue weighted by atomic mass is 10.00. The average Bonchev–Trinajstić information content (AvgIpc) is 2.48. The molecule has 0 unspecified atom stereocenters. The molecule has 8 heteroatoms. The standard InChI is InChI=1S/C14H6F8/c1-4-9(17)13(21)6(14(22)10(4)18)2-5-11(19)7(15)3-8(16)12(5)20/h3H,2H2,1H3. The molecule has 0 aliphatic carbocycles. The largest absolute Gasteiger partial charge is 0.204 e. The first-order valence-electron chi connectivity index (χ1n) is 5.80. The maximum atomic E-state index is 13.6. The Morgan fingerprint density at radius 3 is 1.36 bits per heavy atom. The highest BCUT2D eigenvalue weighted by Gasteiger charge is 2.27. The molecule has 0 heterocycles. The predicted molar refractivity (Wildman–Crippen MR) is 60.1 cm³/mol. The fourth-order valence-corrected chi connectivity index (χ4v) is 1.90. The second-order valence-electron chi connectivity index (χ2n) is 4.48. The molecule has 0 nitrogen and oxygen atoms in total. The van der Waals surface area contributed by atoms with E-state index >= 15 is 0 Å². The summed E-state index contributed by atoms with van der Waals surface area (Å²) in [6.45, 7) is 0.754. The maximum absolute atomic E-state index is 13.6. The van der Waals surface area contributed by atoms with E-state index in [4.69, 9.17) is 0 Å². The summed E-state index contributed by atoms with van der Waals surface area (Å²) in [4.78, 5) is 0. The third-order valence-electron chi connectivity index (χ3n) is 3.13. The molecule has 0 aliphatic heterocycles. The van der Waals surface area contributed by atoms with Crippen LogP contribution in [0.4, 0.5) is 35.1 Å². The molecule has 0 amide bonds. The number of hydrogen-bond acceptors (Lipinski definition) is 0. The van der Waals surface area contributed by atoms with Gasteiger partial charge in [-0.25, -0.2) is 35.1 Å². The Morgan fingerprint density at radius 2 is 0.955 bits per heavy atom. The van der Waals surface area contributed by atoms with Gasteiger partial charge < -0.3 is 0 Å². The summed E-state index contributed by atoms with van der Waals surface area (Å²) in [7, 11) is 0. The molecule has 2 aromatic carbocycles. The topological polar surface area (TPSA) is 0 Å². The van der Waals surface area contributed by atoms with Crippen molar-refractivity contribution in [1.82, 2.24) is 0 Å². The van der Waals surface area contributed by atoms with Gasteiger partial charge in [0.25, 0.3) is 0 Å². The van der Waals surface area contributed by atoms with Crippen LogP contribution in [0.15, 0.2) is 6.07 Å². The van der Waals surface area contributed by atoms with Crippen molar-refractivity contribution in [3.63, 3.8) is 0 Å². The van der Waals surface area contributed by atoms with Crippen molar-refractivity contribution in [3.8, 4) is 0 Å². The van der Waals surface area contributed by atoms with E-state index in [9.17, 15) is 35.1 Å². The molecule has 118 valence electrons. The van der Waals surface area contributed by atoms with Gasteiger partial charge in [0.05, 0.1) is 0 Å². The van der Waals surface area contributed by atoms with E-state index in [-0.39, 0.29) is 6.07 Å². The Kier molecular flexibility index (Phi) is 4.12. The monoisotopic (exact) mass is 326 g/mol. The van der Waals surface area contributed by atoms with Crippen LogP contribution in [0.5, 0.6) is 0 Å². The molecular formula is C14H6F8.